The van der Waals surface area contributed by atoms with Gasteiger partial charge in [-0.15, -0.1) is 0 Å². The van der Waals surface area contributed by atoms with Crippen LogP contribution in [0.2, 0.25) is 0 Å². The van der Waals surface area contributed by atoms with Gasteiger partial charge in [0.15, 0.2) is 5.11 Å². The highest BCUT2D eigenvalue weighted by atomic mass is 32.1. The summed E-state index contributed by atoms with van der Waals surface area (Å²) >= 11 is 5.60. The first-order valence-corrected chi connectivity index (χ1v) is 9.14. The zero-order chi connectivity index (χ0) is 20.1. The van der Waals surface area contributed by atoms with Gasteiger partial charge in [0.2, 0.25) is 0 Å². The molecule has 0 aliphatic carbocycles. The van der Waals surface area contributed by atoms with Crippen LogP contribution in [0.25, 0.3) is 0 Å². The molecule has 0 unspecified atom stereocenters. The summed E-state index contributed by atoms with van der Waals surface area (Å²) in [5.41, 5.74) is 2.66. The molecule has 0 amide bonds. The second-order valence-corrected chi connectivity index (χ2v) is 6.69. The summed E-state index contributed by atoms with van der Waals surface area (Å²) in [5, 5.41) is 13.6. The van der Waals surface area contributed by atoms with Gasteiger partial charge in [-0.05, 0) is 67.2 Å². The molecule has 0 atom stereocenters. The van der Waals surface area contributed by atoms with Crippen LogP contribution in [-0.2, 0) is 6.54 Å². The molecule has 0 heterocycles. The summed E-state index contributed by atoms with van der Waals surface area (Å²) in [6.07, 6.45) is 0. The Morgan fingerprint density at radius 1 is 1.11 bits per heavy atom. The van der Waals surface area contributed by atoms with E-state index in [9.17, 15) is 9.50 Å². The van der Waals surface area contributed by atoms with E-state index >= 15 is 0 Å². The summed E-state index contributed by atoms with van der Waals surface area (Å²) in [7, 11) is 1.60. The van der Waals surface area contributed by atoms with Gasteiger partial charge in [0.05, 0.1) is 13.7 Å². The molecular formula is C22H21FN2O2S. The number of nitrogens with zero attached hydrogens (tertiary/aromatic N) is 1. The molecule has 0 aromatic heterocycles. The largest absolute Gasteiger partial charge is 0.508 e. The lowest BCUT2D eigenvalue weighted by Gasteiger charge is -2.26. The summed E-state index contributed by atoms with van der Waals surface area (Å²) < 4.78 is 19.1. The maximum absolute atomic E-state index is 13.9. The van der Waals surface area contributed by atoms with Crippen molar-refractivity contribution in [2.75, 3.05) is 17.3 Å². The first kappa shape index (κ1) is 19.6. The Balaban J connectivity index is 1.90. The Hall–Kier alpha value is -3.12. The first-order valence-electron chi connectivity index (χ1n) is 8.73. The van der Waals surface area contributed by atoms with Crippen LogP contribution in [0.1, 0.15) is 11.1 Å². The highest BCUT2D eigenvalue weighted by molar-refractivity contribution is 7.80. The minimum Gasteiger partial charge on any atom is -0.508 e. The minimum absolute atomic E-state index is 0.185. The average Bonchev–Trinajstić information content (AvgIpc) is 2.70. The van der Waals surface area contributed by atoms with Gasteiger partial charge >= 0.3 is 0 Å². The third-order valence-electron chi connectivity index (χ3n) is 4.37. The van der Waals surface area contributed by atoms with E-state index in [1.54, 1.807) is 38.3 Å². The Labute approximate surface area is 169 Å². The molecular weight excluding hydrogens is 375 g/mol. The van der Waals surface area contributed by atoms with Crippen molar-refractivity contribution in [3.05, 3.63) is 83.7 Å². The van der Waals surface area contributed by atoms with E-state index in [0.29, 0.717) is 22.9 Å². The molecule has 0 aliphatic rings. The van der Waals surface area contributed by atoms with Crippen molar-refractivity contribution in [1.29, 1.82) is 0 Å². The molecule has 0 radical (unpaired) electrons. The molecule has 0 fully saturated rings. The first-order chi connectivity index (χ1) is 13.5. The Morgan fingerprint density at radius 2 is 1.82 bits per heavy atom. The van der Waals surface area contributed by atoms with E-state index in [1.165, 1.54) is 6.07 Å². The molecule has 144 valence electrons. The van der Waals surface area contributed by atoms with Crippen LogP contribution in [0.5, 0.6) is 11.5 Å². The molecule has 0 saturated heterocycles. The van der Waals surface area contributed by atoms with Gasteiger partial charge < -0.3 is 20.1 Å². The Morgan fingerprint density at radius 3 is 2.46 bits per heavy atom. The monoisotopic (exact) mass is 396 g/mol. The van der Waals surface area contributed by atoms with Gasteiger partial charge in [0.1, 0.15) is 17.3 Å². The molecule has 0 aliphatic heterocycles. The molecule has 0 bridgehead atoms. The maximum atomic E-state index is 13.9. The molecule has 6 heteroatoms. The summed E-state index contributed by atoms with van der Waals surface area (Å²) in [6.45, 7) is 2.05. The summed E-state index contributed by atoms with van der Waals surface area (Å²) in [6, 6.07) is 19.4. The van der Waals surface area contributed by atoms with Gasteiger partial charge in [0.25, 0.3) is 0 Å². The Kier molecular flexibility index (Phi) is 6.11. The predicted molar refractivity (Wildman–Crippen MR) is 115 cm³/mol. The normalized spacial score (nSPS) is 10.4. The quantitative estimate of drug-likeness (QED) is 0.577. The van der Waals surface area contributed by atoms with E-state index in [1.807, 2.05) is 41.3 Å². The molecule has 3 aromatic carbocycles. The molecule has 0 spiro atoms. The number of hydrogen-bond donors (Lipinski definition) is 2. The minimum atomic E-state index is -0.301. The number of halogens is 1. The van der Waals surface area contributed by atoms with E-state index in [-0.39, 0.29) is 11.6 Å². The lowest BCUT2D eigenvalue weighted by atomic mass is 10.1. The van der Waals surface area contributed by atoms with Crippen LogP contribution in [0.3, 0.4) is 0 Å². The molecule has 3 rings (SSSR count). The van der Waals surface area contributed by atoms with Crippen molar-refractivity contribution >= 4 is 28.7 Å². The number of para-hydroxylation sites is 1. The van der Waals surface area contributed by atoms with E-state index < -0.39 is 0 Å². The summed E-state index contributed by atoms with van der Waals surface area (Å²) in [5.74, 6) is 0.612. The zero-order valence-electron chi connectivity index (χ0n) is 15.6. The average molecular weight is 396 g/mol. The van der Waals surface area contributed by atoms with Crippen molar-refractivity contribution in [1.82, 2.24) is 0 Å². The summed E-state index contributed by atoms with van der Waals surface area (Å²) in [4.78, 5) is 1.83. The SMILES string of the molecule is COc1ccc(N(Cc2ccccc2O)C(=S)Nc2ccc(C)c(F)c2)cc1. The zero-order valence-corrected chi connectivity index (χ0v) is 16.5. The fraction of sp³-hybridized carbons (Fsp3) is 0.136. The smallest absolute Gasteiger partial charge is 0.178 e. The number of ether oxygens (including phenoxy) is 1. The van der Waals surface area contributed by atoms with Crippen LogP contribution >= 0.6 is 12.2 Å². The van der Waals surface area contributed by atoms with Crippen LogP contribution in [-0.4, -0.2) is 17.3 Å². The number of hydrogen-bond acceptors (Lipinski definition) is 3. The molecule has 4 nitrogen and oxygen atoms in total. The number of benzene rings is 3. The second kappa shape index (κ2) is 8.71. The van der Waals surface area contributed by atoms with E-state index in [2.05, 4.69) is 5.32 Å². The van der Waals surface area contributed by atoms with Gasteiger partial charge in [-0.1, -0.05) is 24.3 Å². The number of aromatic hydroxyl groups is 1. The topological polar surface area (TPSA) is 44.7 Å². The number of phenolic OH excluding ortho intramolecular Hbond substituents is 1. The third-order valence-corrected chi connectivity index (χ3v) is 4.69. The van der Waals surface area contributed by atoms with E-state index in [4.69, 9.17) is 17.0 Å². The molecule has 2 N–H and O–H groups in total. The van der Waals surface area contributed by atoms with Crippen LogP contribution in [0, 0.1) is 12.7 Å². The number of phenols is 1. The number of methoxy groups -OCH3 is 1. The van der Waals surface area contributed by atoms with E-state index in [0.717, 1.165) is 17.0 Å². The van der Waals surface area contributed by atoms with Crippen molar-refractivity contribution in [3.8, 4) is 11.5 Å². The van der Waals surface area contributed by atoms with Gasteiger partial charge in [-0.3, -0.25) is 0 Å². The fourth-order valence-electron chi connectivity index (χ4n) is 2.72. The van der Waals surface area contributed by atoms with Crippen molar-refractivity contribution in [2.45, 2.75) is 13.5 Å². The number of anilines is 2. The Bertz CT molecular complexity index is 977. The number of aryl methyl sites for hydroxylation is 1. The predicted octanol–water partition coefficient (Wildman–Crippen LogP) is 5.25. The van der Waals surface area contributed by atoms with Crippen LogP contribution < -0.4 is 15.0 Å². The third kappa shape index (κ3) is 4.58. The van der Waals surface area contributed by atoms with Gasteiger partial charge in [-0.25, -0.2) is 4.39 Å². The standard InChI is InChI=1S/C22H21FN2O2S/c1-15-7-8-17(13-20(15)23)24-22(28)25(14-16-5-3-4-6-21(16)26)18-9-11-19(27-2)12-10-18/h3-13,26H,14H2,1-2H3,(H,24,28). The number of nitrogens with one attached hydrogen (secondary N) is 1. The second-order valence-electron chi connectivity index (χ2n) is 6.31. The van der Waals surface area contributed by atoms with Crippen LogP contribution in [0.4, 0.5) is 15.8 Å². The highest BCUT2D eigenvalue weighted by Gasteiger charge is 2.16. The molecule has 0 saturated carbocycles. The highest BCUT2D eigenvalue weighted by Crippen LogP contribution is 2.25. The lowest BCUT2D eigenvalue weighted by molar-refractivity contribution is 0.415. The van der Waals surface area contributed by atoms with Crippen LogP contribution in [0.15, 0.2) is 66.7 Å². The molecule has 3 aromatic rings. The van der Waals surface area contributed by atoms with Crippen molar-refractivity contribution in [3.63, 3.8) is 0 Å². The van der Waals surface area contributed by atoms with Gasteiger partial charge in [0, 0.05) is 16.9 Å². The molecule has 28 heavy (non-hydrogen) atoms. The number of thiocarbonyl (C=S) groups is 1. The number of rotatable bonds is 5. The lowest BCUT2D eigenvalue weighted by Crippen LogP contribution is -2.34. The maximum Gasteiger partial charge on any atom is 0.178 e. The van der Waals surface area contributed by atoms with Crippen molar-refractivity contribution < 1.29 is 14.2 Å². The van der Waals surface area contributed by atoms with Crippen molar-refractivity contribution in [2.24, 2.45) is 0 Å². The van der Waals surface area contributed by atoms with Gasteiger partial charge in [-0.2, -0.15) is 0 Å². The fourth-order valence-corrected chi connectivity index (χ4v) is 3.01.